The normalized spacial score (nSPS) is 17.3. The molecule has 0 aliphatic carbocycles. The molecule has 6 nitrogen and oxygen atoms in total. The molecule has 0 spiro atoms. The van der Waals surface area contributed by atoms with Crippen molar-refractivity contribution in [3.05, 3.63) is 30.1 Å². The summed E-state index contributed by atoms with van der Waals surface area (Å²) in [6.45, 7) is 4.77. The van der Waals surface area contributed by atoms with Crippen LogP contribution >= 0.6 is 11.3 Å². The van der Waals surface area contributed by atoms with Crippen molar-refractivity contribution in [2.75, 3.05) is 11.9 Å². The quantitative estimate of drug-likeness (QED) is 0.685. The maximum Gasteiger partial charge on any atom is 0.249 e. The van der Waals surface area contributed by atoms with E-state index in [1.807, 2.05) is 6.92 Å². The fraction of sp³-hybridized carbons (Fsp3) is 0.524. The van der Waals surface area contributed by atoms with Gasteiger partial charge in [0.15, 0.2) is 0 Å². The highest BCUT2D eigenvalue weighted by atomic mass is 32.1. The van der Waals surface area contributed by atoms with E-state index in [0.717, 1.165) is 37.7 Å². The molecule has 2 amide bonds. The second-order valence-electron chi connectivity index (χ2n) is 7.35. The van der Waals surface area contributed by atoms with Crippen LogP contribution in [0.3, 0.4) is 0 Å². The molecular formula is C21H27FN4O2S. The van der Waals surface area contributed by atoms with Gasteiger partial charge < -0.3 is 4.90 Å². The molecule has 8 heteroatoms. The average molecular weight is 419 g/mol. The molecule has 0 saturated carbocycles. The number of carbonyl (C=O) groups excluding carboxylic acids is 2. The Kier molecular flexibility index (Phi) is 7.30. The number of halogens is 1. The van der Waals surface area contributed by atoms with Gasteiger partial charge >= 0.3 is 0 Å². The first kappa shape index (κ1) is 21.4. The topological polar surface area (TPSA) is 75.2 Å². The van der Waals surface area contributed by atoms with Gasteiger partial charge in [0.2, 0.25) is 16.9 Å². The molecule has 1 saturated heterocycles. The second-order valence-corrected chi connectivity index (χ2v) is 8.32. The van der Waals surface area contributed by atoms with Gasteiger partial charge in [0.05, 0.1) is 0 Å². The van der Waals surface area contributed by atoms with Crippen molar-refractivity contribution in [1.29, 1.82) is 0 Å². The van der Waals surface area contributed by atoms with Crippen molar-refractivity contribution in [1.82, 2.24) is 15.1 Å². The zero-order chi connectivity index (χ0) is 20.8. The molecule has 2 atom stereocenters. The summed E-state index contributed by atoms with van der Waals surface area (Å²) >= 11 is 1.23. The van der Waals surface area contributed by atoms with Gasteiger partial charge in [-0.05, 0) is 49.9 Å². The fourth-order valence-electron chi connectivity index (χ4n) is 3.66. The standard InChI is InChI=1S/C21H27FN4O2S/c1-3-5-7-14(4-2)20(28)26-13-6-8-17(26)18(27)23-21-25-24-19(29-21)15-9-11-16(22)12-10-15/h9-12,14,17H,3-8,13H2,1-2H3,(H,23,25,27). The minimum absolute atomic E-state index is 0.0186. The molecule has 1 aliphatic rings. The third-order valence-electron chi connectivity index (χ3n) is 5.33. The predicted octanol–water partition coefficient (Wildman–Crippen LogP) is 4.49. The lowest BCUT2D eigenvalue weighted by molar-refractivity contribution is -0.140. The molecule has 1 fully saturated rings. The molecule has 3 rings (SSSR count). The summed E-state index contributed by atoms with van der Waals surface area (Å²) in [6, 6.07) is 5.51. The zero-order valence-corrected chi connectivity index (χ0v) is 17.7. The van der Waals surface area contributed by atoms with Crippen molar-refractivity contribution in [3.8, 4) is 10.6 Å². The summed E-state index contributed by atoms with van der Waals surface area (Å²) in [5.41, 5.74) is 0.740. The fourth-order valence-corrected chi connectivity index (χ4v) is 4.41. The lowest BCUT2D eigenvalue weighted by Crippen LogP contribution is -2.45. The summed E-state index contributed by atoms with van der Waals surface area (Å²) in [5, 5.41) is 11.9. The molecule has 0 bridgehead atoms. The van der Waals surface area contributed by atoms with E-state index in [4.69, 9.17) is 0 Å². The monoisotopic (exact) mass is 418 g/mol. The van der Waals surface area contributed by atoms with E-state index in [9.17, 15) is 14.0 Å². The van der Waals surface area contributed by atoms with E-state index in [0.29, 0.717) is 23.1 Å². The molecule has 2 heterocycles. The highest BCUT2D eigenvalue weighted by Gasteiger charge is 2.36. The largest absolute Gasteiger partial charge is 0.330 e. The third-order valence-corrected chi connectivity index (χ3v) is 6.22. The molecular weight excluding hydrogens is 391 g/mol. The van der Waals surface area contributed by atoms with Gasteiger partial charge in [-0.15, -0.1) is 10.2 Å². The van der Waals surface area contributed by atoms with Gasteiger partial charge in [-0.1, -0.05) is 38.0 Å². The number of hydrogen-bond acceptors (Lipinski definition) is 5. The van der Waals surface area contributed by atoms with Crippen LogP contribution in [0.15, 0.2) is 24.3 Å². The molecule has 29 heavy (non-hydrogen) atoms. The van der Waals surface area contributed by atoms with E-state index >= 15 is 0 Å². The van der Waals surface area contributed by atoms with Crippen molar-refractivity contribution in [3.63, 3.8) is 0 Å². The SMILES string of the molecule is CCCCC(CC)C(=O)N1CCCC1C(=O)Nc1nnc(-c2ccc(F)cc2)s1. The highest BCUT2D eigenvalue weighted by molar-refractivity contribution is 7.18. The van der Waals surface area contributed by atoms with Crippen LogP contribution in [0.2, 0.25) is 0 Å². The minimum atomic E-state index is -0.462. The number of nitrogens with one attached hydrogen (secondary N) is 1. The highest BCUT2D eigenvalue weighted by Crippen LogP contribution is 2.28. The summed E-state index contributed by atoms with van der Waals surface area (Å²) in [5.74, 6) is -0.470. The number of hydrogen-bond donors (Lipinski definition) is 1. The van der Waals surface area contributed by atoms with Crippen LogP contribution in [0.1, 0.15) is 52.4 Å². The smallest absolute Gasteiger partial charge is 0.249 e. The van der Waals surface area contributed by atoms with Gasteiger partial charge in [0.25, 0.3) is 0 Å². The van der Waals surface area contributed by atoms with Crippen molar-refractivity contribution < 1.29 is 14.0 Å². The van der Waals surface area contributed by atoms with Crippen molar-refractivity contribution >= 4 is 28.3 Å². The molecule has 2 aromatic rings. The van der Waals surface area contributed by atoms with Crippen LogP contribution in [0.5, 0.6) is 0 Å². The summed E-state index contributed by atoms with van der Waals surface area (Å²) in [6.07, 6.45) is 5.22. The predicted molar refractivity (Wildman–Crippen MR) is 112 cm³/mol. The molecule has 1 N–H and O–H groups in total. The molecule has 2 unspecified atom stereocenters. The Morgan fingerprint density at radius 3 is 2.72 bits per heavy atom. The van der Waals surface area contributed by atoms with E-state index in [-0.39, 0.29) is 23.5 Å². The maximum atomic E-state index is 13.1. The number of benzene rings is 1. The number of anilines is 1. The van der Waals surface area contributed by atoms with Gasteiger partial charge in [-0.2, -0.15) is 0 Å². The Labute approximate surface area is 174 Å². The van der Waals surface area contributed by atoms with Crippen LogP contribution in [0.4, 0.5) is 9.52 Å². The minimum Gasteiger partial charge on any atom is -0.330 e. The van der Waals surface area contributed by atoms with E-state index in [1.54, 1.807) is 17.0 Å². The molecule has 0 radical (unpaired) electrons. The van der Waals surface area contributed by atoms with Crippen LogP contribution in [0, 0.1) is 11.7 Å². The molecule has 156 valence electrons. The second kappa shape index (κ2) is 9.91. The molecule has 1 aromatic heterocycles. The Balaban J connectivity index is 1.65. The zero-order valence-electron chi connectivity index (χ0n) is 16.9. The molecule has 1 aromatic carbocycles. The van der Waals surface area contributed by atoms with Crippen LogP contribution < -0.4 is 5.32 Å². The molecule has 1 aliphatic heterocycles. The Morgan fingerprint density at radius 2 is 2.03 bits per heavy atom. The van der Waals surface area contributed by atoms with Crippen molar-refractivity contribution in [2.24, 2.45) is 5.92 Å². The summed E-state index contributed by atoms with van der Waals surface area (Å²) < 4.78 is 13.1. The van der Waals surface area contributed by atoms with E-state index in [1.165, 1.54) is 23.5 Å². The lowest BCUT2D eigenvalue weighted by Gasteiger charge is -2.27. The van der Waals surface area contributed by atoms with E-state index < -0.39 is 6.04 Å². The van der Waals surface area contributed by atoms with Gasteiger partial charge in [-0.3, -0.25) is 14.9 Å². The Bertz CT molecular complexity index is 839. The number of rotatable bonds is 8. The first-order chi connectivity index (χ1) is 14.0. The van der Waals surface area contributed by atoms with Crippen LogP contribution in [-0.2, 0) is 9.59 Å². The van der Waals surface area contributed by atoms with Crippen LogP contribution in [0.25, 0.3) is 10.6 Å². The van der Waals surface area contributed by atoms with Gasteiger partial charge in [0, 0.05) is 18.0 Å². The Hall–Kier alpha value is -2.35. The Morgan fingerprint density at radius 1 is 1.28 bits per heavy atom. The number of amides is 2. The van der Waals surface area contributed by atoms with E-state index in [2.05, 4.69) is 22.4 Å². The third kappa shape index (κ3) is 5.18. The average Bonchev–Trinajstić information content (AvgIpc) is 3.38. The van der Waals surface area contributed by atoms with Gasteiger partial charge in [0.1, 0.15) is 16.9 Å². The first-order valence-electron chi connectivity index (χ1n) is 10.2. The van der Waals surface area contributed by atoms with Crippen molar-refractivity contribution in [2.45, 2.75) is 58.4 Å². The number of nitrogens with zero attached hydrogens (tertiary/aromatic N) is 3. The summed E-state index contributed by atoms with van der Waals surface area (Å²) in [7, 11) is 0. The number of likely N-dealkylation sites (tertiary alicyclic amines) is 1. The van der Waals surface area contributed by atoms with Gasteiger partial charge in [-0.25, -0.2) is 4.39 Å². The number of carbonyl (C=O) groups is 2. The summed E-state index contributed by atoms with van der Waals surface area (Å²) in [4.78, 5) is 27.5. The lowest BCUT2D eigenvalue weighted by atomic mass is 9.97. The first-order valence-corrected chi connectivity index (χ1v) is 11.1. The number of aromatic nitrogens is 2. The number of unbranched alkanes of at least 4 members (excludes halogenated alkanes) is 1. The van der Waals surface area contributed by atoms with Crippen LogP contribution in [-0.4, -0.2) is 39.5 Å². The maximum absolute atomic E-state index is 13.1.